The number of fused-ring (bicyclic) bond motifs is 1. The number of benzene rings is 1. The van der Waals surface area contributed by atoms with Crippen LogP contribution in [0.1, 0.15) is 55.3 Å². The minimum Gasteiger partial charge on any atom is -0.369 e. The van der Waals surface area contributed by atoms with E-state index in [0.29, 0.717) is 34.0 Å². The van der Waals surface area contributed by atoms with E-state index < -0.39 is 10.0 Å². The smallest absolute Gasteiger partial charge is 0.218 e. The predicted octanol–water partition coefficient (Wildman–Crippen LogP) is 5.30. The van der Waals surface area contributed by atoms with Gasteiger partial charge in [-0.1, -0.05) is 29.3 Å². The number of nitrogens with zero attached hydrogens (tertiary/aromatic N) is 3. The van der Waals surface area contributed by atoms with Crippen LogP contribution in [0.2, 0.25) is 10.0 Å². The average molecular weight is 522 g/mol. The van der Waals surface area contributed by atoms with Gasteiger partial charge in [0, 0.05) is 18.7 Å². The van der Waals surface area contributed by atoms with E-state index in [0.717, 1.165) is 41.4 Å². The third-order valence-electron chi connectivity index (χ3n) is 8.49. The average Bonchev–Trinajstić information content (AvgIpc) is 2.79. The van der Waals surface area contributed by atoms with Gasteiger partial charge in [-0.05, 0) is 85.8 Å². The van der Waals surface area contributed by atoms with Gasteiger partial charge in [-0.15, -0.1) is 0 Å². The van der Waals surface area contributed by atoms with Crippen molar-refractivity contribution >= 4 is 39.0 Å². The van der Waals surface area contributed by atoms with Gasteiger partial charge in [-0.2, -0.15) is 4.31 Å². The Bertz CT molecular complexity index is 1180. The number of aromatic nitrogens is 2. The van der Waals surface area contributed by atoms with Gasteiger partial charge in [-0.3, -0.25) is 0 Å². The van der Waals surface area contributed by atoms with Gasteiger partial charge in [0.2, 0.25) is 10.0 Å². The molecule has 4 saturated carbocycles. The number of anilines is 1. The molecule has 0 radical (unpaired) electrons. The molecule has 6 nitrogen and oxygen atoms in total. The van der Waals surface area contributed by atoms with Crippen molar-refractivity contribution in [2.75, 3.05) is 18.4 Å². The topological polar surface area (TPSA) is 75.2 Å². The molecule has 4 aliphatic carbocycles. The van der Waals surface area contributed by atoms with Crippen molar-refractivity contribution in [3.63, 3.8) is 0 Å². The summed E-state index contributed by atoms with van der Waals surface area (Å²) in [6.07, 6.45) is 10.5. The molecule has 1 aromatic heterocycles. The molecular weight excluding hydrogens is 491 g/mol. The molecule has 7 rings (SSSR count). The zero-order valence-electron chi connectivity index (χ0n) is 19.1. The van der Waals surface area contributed by atoms with Crippen LogP contribution in [0.25, 0.3) is 0 Å². The number of sulfonamides is 1. The Morgan fingerprint density at radius 3 is 2.41 bits per heavy atom. The Kier molecular flexibility index (Phi) is 5.83. The fourth-order valence-corrected chi connectivity index (χ4v) is 9.22. The van der Waals surface area contributed by atoms with Crippen molar-refractivity contribution < 1.29 is 8.42 Å². The summed E-state index contributed by atoms with van der Waals surface area (Å²) in [5.74, 6) is 3.54. The molecule has 9 heteroatoms. The summed E-state index contributed by atoms with van der Waals surface area (Å²) in [4.78, 5) is 9.02. The summed E-state index contributed by atoms with van der Waals surface area (Å²) in [5.41, 5.74) is 2.90. The van der Waals surface area contributed by atoms with Gasteiger partial charge in [0.25, 0.3) is 0 Å². The van der Waals surface area contributed by atoms with Gasteiger partial charge in [0.1, 0.15) is 12.1 Å². The Hall–Kier alpha value is -1.41. The van der Waals surface area contributed by atoms with Crippen LogP contribution in [-0.2, 0) is 28.7 Å². The van der Waals surface area contributed by atoms with Crippen LogP contribution in [0.15, 0.2) is 24.5 Å². The second kappa shape index (κ2) is 8.61. The minimum atomic E-state index is -3.51. The number of hydrogen-bond donors (Lipinski definition) is 1. The first-order chi connectivity index (χ1) is 16.3. The van der Waals surface area contributed by atoms with Crippen molar-refractivity contribution in [2.45, 2.75) is 57.2 Å². The fourth-order valence-electron chi connectivity index (χ4n) is 7.43. The molecule has 4 fully saturated rings. The SMILES string of the molecule is O=S(=O)(Cc1ccc(Cl)c(Cl)c1)N1CCc2c(ncnc2NCC23CC4CC(CC(C4)C2)C3)C1. The lowest BCUT2D eigenvalue weighted by molar-refractivity contribution is -0.0444. The maximum absolute atomic E-state index is 13.1. The lowest BCUT2D eigenvalue weighted by Crippen LogP contribution is -2.49. The van der Waals surface area contributed by atoms with Crippen molar-refractivity contribution in [2.24, 2.45) is 23.2 Å². The van der Waals surface area contributed by atoms with Crippen molar-refractivity contribution in [1.29, 1.82) is 0 Å². The number of rotatable bonds is 6. The molecule has 5 aliphatic rings. The lowest BCUT2D eigenvalue weighted by atomic mass is 9.49. The van der Waals surface area contributed by atoms with Crippen molar-refractivity contribution in [1.82, 2.24) is 14.3 Å². The highest BCUT2D eigenvalue weighted by Crippen LogP contribution is 2.60. The van der Waals surface area contributed by atoms with E-state index in [9.17, 15) is 8.42 Å². The van der Waals surface area contributed by atoms with Crippen LogP contribution < -0.4 is 5.32 Å². The summed E-state index contributed by atoms with van der Waals surface area (Å²) < 4.78 is 27.8. The van der Waals surface area contributed by atoms with E-state index in [2.05, 4.69) is 15.3 Å². The lowest BCUT2D eigenvalue weighted by Gasteiger charge is -2.57. The number of halogens is 2. The first-order valence-electron chi connectivity index (χ1n) is 12.3. The highest BCUT2D eigenvalue weighted by Gasteiger charge is 2.50. The Morgan fingerprint density at radius 2 is 1.74 bits per heavy atom. The van der Waals surface area contributed by atoms with E-state index >= 15 is 0 Å². The highest BCUT2D eigenvalue weighted by atomic mass is 35.5. The van der Waals surface area contributed by atoms with E-state index in [-0.39, 0.29) is 12.3 Å². The monoisotopic (exact) mass is 520 g/mol. The summed E-state index contributed by atoms with van der Waals surface area (Å²) in [5, 5.41) is 4.47. The minimum absolute atomic E-state index is 0.110. The van der Waals surface area contributed by atoms with E-state index in [1.165, 1.54) is 42.8 Å². The highest BCUT2D eigenvalue weighted by molar-refractivity contribution is 7.88. The molecular formula is C25H30Cl2N4O2S. The maximum Gasteiger partial charge on any atom is 0.218 e. The summed E-state index contributed by atoms with van der Waals surface area (Å²) in [6.45, 7) is 1.67. The van der Waals surface area contributed by atoms with E-state index in [4.69, 9.17) is 23.2 Å². The Morgan fingerprint density at radius 1 is 1.03 bits per heavy atom. The molecule has 0 atom stereocenters. The summed E-state index contributed by atoms with van der Waals surface area (Å²) >= 11 is 12.0. The fraction of sp³-hybridized carbons (Fsp3) is 0.600. The summed E-state index contributed by atoms with van der Waals surface area (Å²) in [7, 11) is -3.51. The zero-order chi connectivity index (χ0) is 23.5. The van der Waals surface area contributed by atoms with Gasteiger partial charge < -0.3 is 5.32 Å². The molecule has 0 saturated heterocycles. The summed E-state index contributed by atoms with van der Waals surface area (Å²) in [6, 6.07) is 4.96. The van der Waals surface area contributed by atoms with E-state index in [1.54, 1.807) is 24.5 Å². The third kappa shape index (κ3) is 4.34. The standard InChI is InChI=1S/C25H30Cl2N4O2S/c26-21-2-1-16(8-22(21)27)13-34(32,33)31-4-3-20-23(12-31)29-15-30-24(20)28-14-25-9-17-5-18(10-25)7-19(6-17)11-25/h1-2,8,15,17-19H,3-7,9-14H2,(H,28,29,30). The molecule has 34 heavy (non-hydrogen) atoms. The Balaban J connectivity index is 1.15. The second-order valence-corrected chi connectivity index (χ2v) is 13.8. The predicted molar refractivity (Wildman–Crippen MR) is 134 cm³/mol. The van der Waals surface area contributed by atoms with Crippen molar-refractivity contribution in [3.05, 3.63) is 51.4 Å². The van der Waals surface area contributed by atoms with Crippen LogP contribution in [0.5, 0.6) is 0 Å². The molecule has 4 bridgehead atoms. The molecule has 1 aromatic carbocycles. The molecule has 0 amide bonds. The van der Waals surface area contributed by atoms with Crippen LogP contribution in [0.3, 0.4) is 0 Å². The number of hydrogen-bond acceptors (Lipinski definition) is 5. The van der Waals surface area contributed by atoms with Gasteiger partial charge in [0.15, 0.2) is 0 Å². The van der Waals surface area contributed by atoms with Crippen LogP contribution in [0.4, 0.5) is 5.82 Å². The molecule has 1 aliphatic heterocycles. The molecule has 1 N–H and O–H groups in total. The van der Waals surface area contributed by atoms with Crippen LogP contribution in [-0.4, -0.2) is 35.8 Å². The molecule has 0 spiro atoms. The second-order valence-electron chi connectivity index (χ2n) is 11.0. The first-order valence-corrected chi connectivity index (χ1v) is 14.6. The molecule has 182 valence electrons. The van der Waals surface area contributed by atoms with Gasteiger partial charge >= 0.3 is 0 Å². The van der Waals surface area contributed by atoms with Crippen LogP contribution >= 0.6 is 23.2 Å². The number of nitrogens with one attached hydrogen (secondary N) is 1. The quantitative estimate of drug-likeness (QED) is 0.559. The maximum atomic E-state index is 13.1. The zero-order valence-corrected chi connectivity index (χ0v) is 21.5. The van der Waals surface area contributed by atoms with Gasteiger partial charge in [-0.25, -0.2) is 18.4 Å². The normalized spacial score (nSPS) is 30.4. The van der Waals surface area contributed by atoms with E-state index in [1.807, 2.05) is 0 Å². The largest absolute Gasteiger partial charge is 0.369 e. The Labute approximate surface area is 211 Å². The molecule has 2 heterocycles. The third-order valence-corrected chi connectivity index (χ3v) is 11.0. The van der Waals surface area contributed by atoms with Crippen molar-refractivity contribution in [3.8, 4) is 0 Å². The van der Waals surface area contributed by atoms with Crippen LogP contribution in [0, 0.1) is 23.2 Å². The molecule has 2 aromatic rings. The molecule has 0 unspecified atom stereocenters. The first kappa shape index (κ1) is 23.0. The van der Waals surface area contributed by atoms with Gasteiger partial charge in [0.05, 0.1) is 28.0 Å².